The van der Waals surface area contributed by atoms with E-state index in [0.29, 0.717) is 18.1 Å². The van der Waals surface area contributed by atoms with Gasteiger partial charge in [-0.05, 0) is 17.7 Å². The molecule has 19 heavy (non-hydrogen) atoms. The summed E-state index contributed by atoms with van der Waals surface area (Å²) in [6.45, 7) is 0.482. The number of thiol groups is 1. The highest BCUT2D eigenvalue weighted by Crippen LogP contribution is 2.23. The monoisotopic (exact) mass is 296 g/mol. The number of ether oxygens (including phenoxy) is 1. The molecule has 0 saturated heterocycles. The SMILES string of the molecule is Fc1ccc(OCC(CS)c2ccccc2)cc1Cl. The third-order valence-electron chi connectivity index (χ3n) is 2.83. The average molecular weight is 297 g/mol. The summed E-state index contributed by atoms with van der Waals surface area (Å²) in [6, 6.07) is 14.4. The average Bonchev–Trinajstić information content (AvgIpc) is 2.44. The van der Waals surface area contributed by atoms with Gasteiger partial charge in [-0.15, -0.1) is 0 Å². The summed E-state index contributed by atoms with van der Waals surface area (Å²) in [5.74, 6) is 0.990. The van der Waals surface area contributed by atoms with Crippen molar-refractivity contribution in [3.8, 4) is 5.75 Å². The smallest absolute Gasteiger partial charge is 0.142 e. The van der Waals surface area contributed by atoms with Crippen LogP contribution in [-0.4, -0.2) is 12.4 Å². The van der Waals surface area contributed by atoms with E-state index in [-0.39, 0.29) is 10.9 Å². The summed E-state index contributed by atoms with van der Waals surface area (Å²) in [6.07, 6.45) is 0. The Labute approximate surface area is 122 Å². The van der Waals surface area contributed by atoms with Crippen LogP contribution in [0.3, 0.4) is 0 Å². The first-order chi connectivity index (χ1) is 9.20. The van der Waals surface area contributed by atoms with Crippen LogP contribution in [-0.2, 0) is 0 Å². The molecule has 0 spiro atoms. The molecule has 0 heterocycles. The number of hydrogen-bond donors (Lipinski definition) is 1. The Morgan fingerprint density at radius 3 is 2.53 bits per heavy atom. The minimum Gasteiger partial charge on any atom is -0.493 e. The predicted molar refractivity (Wildman–Crippen MR) is 79.9 cm³/mol. The van der Waals surface area contributed by atoms with Crippen molar-refractivity contribution in [1.82, 2.24) is 0 Å². The molecular formula is C15H14ClFOS. The normalized spacial score (nSPS) is 12.2. The first-order valence-electron chi connectivity index (χ1n) is 5.94. The highest BCUT2D eigenvalue weighted by atomic mass is 35.5. The maximum atomic E-state index is 13.0. The quantitative estimate of drug-likeness (QED) is 0.795. The number of halogens is 2. The lowest BCUT2D eigenvalue weighted by Gasteiger charge is -2.16. The van der Waals surface area contributed by atoms with Crippen molar-refractivity contribution < 1.29 is 9.13 Å². The summed E-state index contributed by atoms with van der Waals surface area (Å²) in [5.41, 5.74) is 1.17. The van der Waals surface area contributed by atoms with E-state index in [4.69, 9.17) is 16.3 Å². The summed E-state index contributed by atoms with van der Waals surface area (Å²) >= 11 is 10.1. The Morgan fingerprint density at radius 1 is 1.16 bits per heavy atom. The van der Waals surface area contributed by atoms with Gasteiger partial charge < -0.3 is 4.74 Å². The van der Waals surface area contributed by atoms with Crippen LogP contribution in [0.15, 0.2) is 48.5 Å². The van der Waals surface area contributed by atoms with Gasteiger partial charge in [0.25, 0.3) is 0 Å². The highest BCUT2D eigenvalue weighted by molar-refractivity contribution is 7.80. The maximum Gasteiger partial charge on any atom is 0.142 e. The first-order valence-corrected chi connectivity index (χ1v) is 6.95. The molecule has 0 aliphatic carbocycles. The largest absolute Gasteiger partial charge is 0.493 e. The molecule has 0 aromatic heterocycles. The lowest BCUT2D eigenvalue weighted by Crippen LogP contribution is -2.12. The fraction of sp³-hybridized carbons (Fsp3) is 0.200. The van der Waals surface area contributed by atoms with Crippen molar-refractivity contribution in [3.63, 3.8) is 0 Å². The van der Waals surface area contributed by atoms with E-state index in [2.05, 4.69) is 12.6 Å². The Kier molecular flexibility index (Phi) is 5.11. The molecule has 0 radical (unpaired) electrons. The predicted octanol–water partition coefficient (Wildman–Crippen LogP) is 4.57. The van der Waals surface area contributed by atoms with Crippen molar-refractivity contribution >= 4 is 24.2 Å². The summed E-state index contributed by atoms with van der Waals surface area (Å²) in [4.78, 5) is 0. The van der Waals surface area contributed by atoms with Crippen molar-refractivity contribution in [2.24, 2.45) is 0 Å². The van der Waals surface area contributed by atoms with Crippen LogP contribution in [0.25, 0.3) is 0 Å². The minimum absolute atomic E-state index is 0.0691. The molecular weight excluding hydrogens is 283 g/mol. The second kappa shape index (κ2) is 6.83. The molecule has 1 atom stereocenters. The van der Waals surface area contributed by atoms with E-state index in [9.17, 15) is 4.39 Å². The van der Waals surface area contributed by atoms with E-state index in [1.165, 1.54) is 17.7 Å². The third-order valence-corrected chi connectivity index (χ3v) is 3.56. The molecule has 2 rings (SSSR count). The molecule has 0 fully saturated rings. The van der Waals surface area contributed by atoms with Crippen LogP contribution in [0.5, 0.6) is 5.75 Å². The highest BCUT2D eigenvalue weighted by Gasteiger charge is 2.11. The minimum atomic E-state index is -0.442. The van der Waals surface area contributed by atoms with Crippen LogP contribution in [0, 0.1) is 5.82 Å². The Hall–Kier alpha value is -1.19. The van der Waals surface area contributed by atoms with Crippen LogP contribution in [0.4, 0.5) is 4.39 Å². The zero-order valence-corrected chi connectivity index (χ0v) is 11.9. The Morgan fingerprint density at radius 2 is 1.89 bits per heavy atom. The Balaban J connectivity index is 2.02. The van der Waals surface area contributed by atoms with Gasteiger partial charge in [0.1, 0.15) is 11.6 Å². The van der Waals surface area contributed by atoms with Crippen molar-refractivity contribution in [2.75, 3.05) is 12.4 Å². The first kappa shape index (κ1) is 14.2. The molecule has 0 N–H and O–H groups in total. The topological polar surface area (TPSA) is 9.23 Å². The van der Waals surface area contributed by atoms with Gasteiger partial charge in [0, 0.05) is 17.7 Å². The fourth-order valence-corrected chi connectivity index (χ4v) is 2.23. The molecule has 0 amide bonds. The zero-order valence-electron chi connectivity index (χ0n) is 10.2. The number of rotatable bonds is 5. The number of benzene rings is 2. The van der Waals surface area contributed by atoms with Gasteiger partial charge in [0.05, 0.1) is 11.6 Å². The molecule has 0 saturated carbocycles. The van der Waals surface area contributed by atoms with Gasteiger partial charge in [0.15, 0.2) is 0 Å². The van der Waals surface area contributed by atoms with Crippen LogP contribution < -0.4 is 4.74 Å². The molecule has 100 valence electrons. The molecule has 1 nitrogen and oxygen atoms in total. The molecule has 1 unspecified atom stereocenters. The zero-order chi connectivity index (χ0) is 13.7. The summed E-state index contributed by atoms with van der Waals surface area (Å²) < 4.78 is 18.7. The van der Waals surface area contributed by atoms with Crippen molar-refractivity contribution in [3.05, 3.63) is 64.9 Å². The lowest BCUT2D eigenvalue weighted by molar-refractivity contribution is 0.297. The second-order valence-electron chi connectivity index (χ2n) is 4.18. The van der Waals surface area contributed by atoms with Crippen molar-refractivity contribution in [2.45, 2.75) is 5.92 Å². The van der Waals surface area contributed by atoms with E-state index in [1.54, 1.807) is 6.07 Å². The van der Waals surface area contributed by atoms with E-state index in [1.807, 2.05) is 30.3 Å². The number of hydrogen-bond acceptors (Lipinski definition) is 2. The third kappa shape index (κ3) is 3.88. The fourth-order valence-electron chi connectivity index (χ4n) is 1.74. The van der Waals surface area contributed by atoms with Gasteiger partial charge in [-0.1, -0.05) is 41.9 Å². The van der Waals surface area contributed by atoms with Crippen molar-refractivity contribution in [1.29, 1.82) is 0 Å². The van der Waals surface area contributed by atoms with Gasteiger partial charge in [0.2, 0.25) is 0 Å². The van der Waals surface area contributed by atoms with E-state index >= 15 is 0 Å². The van der Waals surface area contributed by atoms with Gasteiger partial charge in [-0.3, -0.25) is 0 Å². The molecule has 2 aromatic rings. The van der Waals surface area contributed by atoms with Crippen LogP contribution in [0.1, 0.15) is 11.5 Å². The Bertz CT molecular complexity index is 533. The van der Waals surface area contributed by atoms with E-state index < -0.39 is 5.82 Å². The molecule has 0 aliphatic rings. The van der Waals surface area contributed by atoms with Gasteiger partial charge in [-0.25, -0.2) is 4.39 Å². The van der Waals surface area contributed by atoms with Crippen LogP contribution in [0.2, 0.25) is 5.02 Å². The van der Waals surface area contributed by atoms with E-state index in [0.717, 1.165) is 0 Å². The molecule has 0 aliphatic heterocycles. The maximum absolute atomic E-state index is 13.0. The van der Waals surface area contributed by atoms with Crippen LogP contribution >= 0.6 is 24.2 Å². The van der Waals surface area contributed by atoms with Gasteiger partial charge in [-0.2, -0.15) is 12.6 Å². The second-order valence-corrected chi connectivity index (χ2v) is 4.95. The molecule has 0 bridgehead atoms. The summed E-state index contributed by atoms with van der Waals surface area (Å²) in [7, 11) is 0. The molecule has 4 heteroatoms. The summed E-state index contributed by atoms with van der Waals surface area (Å²) in [5, 5.41) is 0.0691. The molecule has 2 aromatic carbocycles. The standard InChI is InChI=1S/C15H14ClFOS/c16-14-8-13(6-7-15(14)17)18-9-12(10-19)11-4-2-1-3-5-11/h1-8,12,19H,9-10H2. The van der Waals surface area contributed by atoms with Gasteiger partial charge >= 0.3 is 0 Å². The lowest BCUT2D eigenvalue weighted by atomic mass is 10.0.